The predicted octanol–water partition coefficient (Wildman–Crippen LogP) is 4.88. The molecule has 0 aliphatic rings. The molecule has 0 unspecified atom stereocenters. The van der Waals surface area contributed by atoms with Gasteiger partial charge in [0, 0.05) is 4.75 Å². The van der Waals surface area contributed by atoms with Crippen molar-refractivity contribution >= 4 is 40.9 Å². The fourth-order valence-electron chi connectivity index (χ4n) is 1.62. The molecule has 20 heavy (non-hydrogen) atoms. The maximum atomic E-state index is 12.0. The molecule has 1 rings (SSSR count). The largest absolute Gasteiger partial charge is 0.346 e. The topological polar surface area (TPSA) is 29.1 Å². The summed E-state index contributed by atoms with van der Waals surface area (Å²) in [6.07, 6.45) is 0. The van der Waals surface area contributed by atoms with Crippen LogP contribution in [-0.2, 0) is 10.3 Å². The summed E-state index contributed by atoms with van der Waals surface area (Å²) < 4.78 is 0.0745. The van der Waals surface area contributed by atoms with Crippen molar-refractivity contribution in [3.63, 3.8) is 0 Å². The lowest BCUT2D eigenvalue weighted by atomic mass is 9.94. The zero-order valence-electron chi connectivity index (χ0n) is 12.5. The summed E-state index contributed by atoms with van der Waals surface area (Å²) in [5.41, 5.74) is 0.449. The summed E-state index contributed by atoms with van der Waals surface area (Å²) >= 11 is 13.6. The highest BCUT2D eigenvalue weighted by Crippen LogP contribution is 2.29. The summed E-state index contributed by atoms with van der Waals surface area (Å²) in [4.78, 5) is 12.0. The van der Waals surface area contributed by atoms with Gasteiger partial charge in [0.2, 0.25) is 5.91 Å². The van der Waals surface area contributed by atoms with E-state index in [4.69, 9.17) is 23.2 Å². The van der Waals surface area contributed by atoms with Crippen LogP contribution in [-0.4, -0.2) is 16.4 Å². The van der Waals surface area contributed by atoms with E-state index in [1.165, 1.54) is 0 Å². The number of amides is 1. The van der Waals surface area contributed by atoms with Gasteiger partial charge in [-0.25, -0.2) is 0 Å². The molecule has 0 heterocycles. The molecule has 112 valence electrons. The number of rotatable bonds is 4. The quantitative estimate of drug-likeness (QED) is 0.850. The third kappa shape index (κ3) is 5.55. The maximum absolute atomic E-state index is 12.0. The molecule has 0 saturated carbocycles. The molecule has 1 amide bonds. The molecule has 5 heteroatoms. The monoisotopic (exact) mass is 333 g/mol. The number of carbonyl (C=O) groups is 1. The molecular formula is C15H21Cl2NOS. The number of thioether (sulfide) groups is 1. The Kier molecular flexibility index (Phi) is 5.82. The van der Waals surface area contributed by atoms with Crippen LogP contribution in [0.15, 0.2) is 18.2 Å². The molecule has 0 aromatic heterocycles. The lowest BCUT2D eigenvalue weighted by Gasteiger charge is -2.28. The molecule has 0 saturated heterocycles. The molecule has 0 aliphatic carbocycles. The highest BCUT2D eigenvalue weighted by molar-refractivity contribution is 8.01. The number of benzene rings is 1. The van der Waals surface area contributed by atoms with Crippen LogP contribution in [0, 0.1) is 0 Å². The van der Waals surface area contributed by atoms with Crippen LogP contribution >= 0.6 is 35.0 Å². The van der Waals surface area contributed by atoms with Gasteiger partial charge in [-0.3, -0.25) is 4.79 Å². The third-order valence-electron chi connectivity index (χ3n) is 2.73. The molecule has 1 aromatic rings. The Morgan fingerprint density at radius 2 is 1.75 bits per heavy atom. The summed E-state index contributed by atoms with van der Waals surface area (Å²) in [6.45, 7) is 10.2. The van der Waals surface area contributed by atoms with E-state index in [1.54, 1.807) is 23.9 Å². The van der Waals surface area contributed by atoms with Crippen LogP contribution in [0.1, 0.15) is 40.2 Å². The molecule has 1 N–H and O–H groups in total. The lowest BCUT2D eigenvalue weighted by molar-refractivity contribution is -0.120. The van der Waals surface area contributed by atoms with Crippen LogP contribution < -0.4 is 5.32 Å². The Labute approximate surface area is 135 Å². The van der Waals surface area contributed by atoms with Gasteiger partial charge in [-0.2, -0.15) is 0 Å². The Bertz CT molecular complexity index is 495. The smallest absolute Gasteiger partial charge is 0.230 e. The van der Waals surface area contributed by atoms with E-state index in [1.807, 2.05) is 19.9 Å². The van der Waals surface area contributed by atoms with Crippen molar-refractivity contribution in [2.75, 3.05) is 5.75 Å². The van der Waals surface area contributed by atoms with Crippen LogP contribution in [0.4, 0.5) is 0 Å². The van der Waals surface area contributed by atoms with Crippen molar-refractivity contribution in [2.45, 2.75) is 44.9 Å². The Balaban J connectivity index is 2.73. The highest BCUT2D eigenvalue weighted by Gasteiger charge is 2.24. The van der Waals surface area contributed by atoms with Crippen LogP contribution in [0.2, 0.25) is 10.0 Å². The standard InChI is InChI=1S/C15H21Cl2NOS/c1-14(2,3)20-9-13(19)18-15(4,5)10-6-7-11(16)12(17)8-10/h6-8H,9H2,1-5H3,(H,18,19). The van der Waals surface area contributed by atoms with Gasteiger partial charge in [-0.05, 0) is 31.5 Å². The summed E-state index contributed by atoms with van der Waals surface area (Å²) in [5.74, 6) is 0.454. The number of carbonyl (C=O) groups excluding carboxylic acids is 1. The molecule has 0 atom stereocenters. The van der Waals surface area contributed by atoms with Crippen molar-refractivity contribution in [1.82, 2.24) is 5.32 Å². The fraction of sp³-hybridized carbons (Fsp3) is 0.533. The second-order valence-electron chi connectivity index (χ2n) is 6.20. The second-order valence-corrected chi connectivity index (χ2v) is 8.82. The molecule has 0 radical (unpaired) electrons. The van der Waals surface area contributed by atoms with Gasteiger partial charge >= 0.3 is 0 Å². The van der Waals surface area contributed by atoms with E-state index < -0.39 is 5.54 Å². The first-order valence-corrected chi connectivity index (χ1v) is 8.16. The zero-order chi connectivity index (χ0) is 15.6. The minimum absolute atomic E-state index is 0.0148. The summed E-state index contributed by atoms with van der Waals surface area (Å²) in [6, 6.07) is 5.42. The second kappa shape index (κ2) is 6.59. The normalized spacial score (nSPS) is 12.3. The van der Waals surface area contributed by atoms with Crippen LogP contribution in [0.25, 0.3) is 0 Å². The van der Waals surface area contributed by atoms with Crippen molar-refractivity contribution in [3.05, 3.63) is 33.8 Å². The van der Waals surface area contributed by atoms with E-state index in [9.17, 15) is 4.79 Å². The average Bonchev–Trinajstić information content (AvgIpc) is 2.28. The lowest BCUT2D eigenvalue weighted by Crippen LogP contribution is -2.42. The molecular weight excluding hydrogens is 313 g/mol. The van der Waals surface area contributed by atoms with Gasteiger partial charge in [-0.15, -0.1) is 11.8 Å². The maximum Gasteiger partial charge on any atom is 0.230 e. The summed E-state index contributed by atoms with van der Waals surface area (Å²) in [7, 11) is 0. The molecule has 2 nitrogen and oxygen atoms in total. The minimum Gasteiger partial charge on any atom is -0.346 e. The van der Waals surface area contributed by atoms with Gasteiger partial charge in [0.25, 0.3) is 0 Å². The van der Waals surface area contributed by atoms with Gasteiger partial charge in [0.05, 0.1) is 21.3 Å². The molecule has 0 spiro atoms. The summed E-state index contributed by atoms with van der Waals surface area (Å²) in [5, 5.41) is 4.04. The zero-order valence-corrected chi connectivity index (χ0v) is 14.8. The number of hydrogen-bond donors (Lipinski definition) is 1. The highest BCUT2D eigenvalue weighted by atomic mass is 35.5. The SMILES string of the molecule is CC(C)(C)SCC(=O)NC(C)(C)c1ccc(Cl)c(Cl)c1. The van der Waals surface area contributed by atoms with Gasteiger partial charge in [-0.1, -0.05) is 50.0 Å². The number of halogens is 2. The van der Waals surface area contributed by atoms with E-state index in [-0.39, 0.29) is 10.7 Å². The molecule has 0 aliphatic heterocycles. The Morgan fingerprint density at radius 1 is 1.15 bits per heavy atom. The Morgan fingerprint density at radius 3 is 2.25 bits per heavy atom. The first kappa shape index (κ1) is 17.7. The first-order valence-electron chi connectivity index (χ1n) is 6.42. The van der Waals surface area contributed by atoms with Crippen molar-refractivity contribution in [3.8, 4) is 0 Å². The van der Waals surface area contributed by atoms with E-state index in [0.717, 1.165) is 5.56 Å². The molecule has 1 aromatic carbocycles. The first-order chi connectivity index (χ1) is 9.01. The van der Waals surface area contributed by atoms with Gasteiger partial charge in [0.1, 0.15) is 0 Å². The molecule has 0 bridgehead atoms. The Hall–Kier alpha value is -0.380. The van der Waals surface area contributed by atoms with Crippen molar-refractivity contribution in [2.24, 2.45) is 0 Å². The predicted molar refractivity (Wildman–Crippen MR) is 89.8 cm³/mol. The number of nitrogens with one attached hydrogen (secondary N) is 1. The number of hydrogen-bond acceptors (Lipinski definition) is 2. The van der Waals surface area contributed by atoms with Crippen LogP contribution in [0.5, 0.6) is 0 Å². The molecule has 0 fully saturated rings. The van der Waals surface area contributed by atoms with Gasteiger partial charge < -0.3 is 5.32 Å². The van der Waals surface area contributed by atoms with E-state index in [0.29, 0.717) is 15.8 Å². The van der Waals surface area contributed by atoms with E-state index >= 15 is 0 Å². The fourth-order valence-corrected chi connectivity index (χ4v) is 2.56. The van der Waals surface area contributed by atoms with Crippen LogP contribution in [0.3, 0.4) is 0 Å². The van der Waals surface area contributed by atoms with Crippen molar-refractivity contribution < 1.29 is 4.79 Å². The third-order valence-corrected chi connectivity index (χ3v) is 4.74. The van der Waals surface area contributed by atoms with Crippen molar-refractivity contribution in [1.29, 1.82) is 0 Å². The average molecular weight is 334 g/mol. The minimum atomic E-state index is -0.482. The van der Waals surface area contributed by atoms with E-state index in [2.05, 4.69) is 26.1 Å². The van der Waals surface area contributed by atoms with Gasteiger partial charge in [0.15, 0.2) is 0 Å².